The van der Waals surface area contributed by atoms with Crippen LogP contribution in [-0.4, -0.2) is 35.0 Å². The highest BCUT2D eigenvalue weighted by Crippen LogP contribution is 2.30. The highest BCUT2D eigenvalue weighted by Gasteiger charge is 2.40. The van der Waals surface area contributed by atoms with Gasteiger partial charge in [0.05, 0.1) is 25.8 Å². The van der Waals surface area contributed by atoms with Gasteiger partial charge in [-0.05, 0) is 23.8 Å². The summed E-state index contributed by atoms with van der Waals surface area (Å²) in [4.78, 5) is 17.6. The van der Waals surface area contributed by atoms with Crippen molar-refractivity contribution in [1.82, 2.24) is 9.55 Å². The van der Waals surface area contributed by atoms with E-state index in [0.29, 0.717) is 19.7 Å². The van der Waals surface area contributed by atoms with Crippen molar-refractivity contribution in [1.29, 1.82) is 0 Å². The third-order valence-electron chi connectivity index (χ3n) is 4.37. The van der Waals surface area contributed by atoms with Gasteiger partial charge in [-0.2, -0.15) is 0 Å². The topological polar surface area (TPSA) is 56.6 Å². The Labute approximate surface area is 140 Å². The van der Waals surface area contributed by atoms with E-state index in [4.69, 9.17) is 9.47 Å². The van der Waals surface area contributed by atoms with E-state index in [0.717, 1.165) is 18.0 Å². The van der Waals surface area contributed by atoms with Crippen molar-refractivity contribution in [3.05, 3.63) is 57.9 Å². The van der Waals surface area contributed by atoms with Crippen LogP contribution in [0.3, 0.4) is 0 Å². The Kier molecular flexibility index (Phi) is 3.97. The third-order valence-corrected chi connectivity index (χ3v) is 4.37. The number of anilines is 1. The lowest BCUT2D eigenvalue weighted by Gasteiger charge is -2.36. The van der Waals surface area contributed by atoms with Gasteiger partial charge in [0.25, 0.3) is 0 Å². The summed E-state index contributed by atoms with van der Waals surface area (Å²) < 4.78 is 52.4. The summed E-state index contributed by atoms with van der Waals surface area (Å²) >= 11 is 0. The van der Waals surface area contributed by atoms with Crippen LogP contribution in [0.25, 0.3) is 0 Å². The Morgan fingerprint density at radius 2 is 2.04 bits per heavy atom. The molecule has 0 amide bonds. The molecule has 0 N–H and O–H groups in total. The number of aromatic nitrogens is 2. The summed E-state index contributed by atoms with van der Waals surface area (Å²) in [5, 5.41) is 0. The molecule has 2 aromatic rings. The Morgan fingerprint density at radius 1 is 1.28 bits per heavy atom. The summed E-state index contributed by atoms with van der Waals surface area (Å²) in [6, 6.07) is 3.27. The van der Waals surface area contributed by atoms with Crippen LogP contribution in [0.15, 0.2) is 29.2 Å². The largest absolute Gasteiger partial charge is 0.349 e. The van der Waals surface area contributed by atoms with Gasteiger partial charge >= 0.3 is 5.69 Å². The number of morpholine rings is 1. The first-order valence-corrected chi connectivity index (χ1v) is 7.73. The van der Waals surface area contributed by atoms with Gasteiger partial charge in [0.1, 0.15) is 5.82 Å². The molecule has 0 radical (unpaired) electrons. The van der Waals surface area contributed by atoms with Crippen molar-refractivity contribution >= 4 is 5.82 Å². The van der Waals surface area contributed by atoms with E-state index in [9.17, 15) is 18.0 Å². The third kappa shape index (κ3) is 2.79. The molecule has 0 spiro atoms. The van der Waals surface area contributed by atoms with Crippen LogP contribution in [0.2, 0.25) is 0 Å². The molecule has 0 aliphatic carbocycles. The quantitative estimate of drug-likeness (QED) is 0.782. The smallest absolute Gasteiger partial charge is 0.349 e. The van der Waals surface area contributed by atoms with Crippen LogP contribution in [0.4, 0.5) is 19.0 Å². The number of fused-ring (bicyclic) bond motifs is 3. The van der Waals surface area contributed by atoms with E-state index in [-0.39, 0.29) is 23.9 Å². The van der Waals surface area contributed by atoms with E-state index < -0.39 is 23.7 Å². The Morgan fingerprint density at radius 3 is 2.80 bits per heavy atom. The molecule has 2 atom stereocenters. The summed E-state index contributed by atoms with van der Waals surface area (Å²) in [7, 11) is 0. The predicted molar refractivity (Wildman–Crippen MR) is 80.5 cm³/mol. The predicted octanol–water partition coefficient (Wildman–Crippen LogP) is 1.42. The molecule has 0 bridgehead atoms. The molecule has 6 nitrogen and oxygen atoms in total. The molecule has 0 saturated carbocycles. The zero-order valence-electron chi connectivity index (χ0n) is 13.0. The van der Waals surface area contributed by atoms with Crippen molar-refractivity contribution in [2.45, 2.75) is 25.5 Å². The van der Waals surface area contributed by atoms with Gasteiger partial charge in [0.2, 0.25) is 0 Å². The van der Waals surface area contributed by atoms with E-state index in [1.54, 1.807) is 6.07 Å². The van der Waals surface area contributed by atoms with Crippen LogP contribution in [-0.2, 0) is 22.6 Å². The van der Waals surface area contributed by atoms with Gasteiger partial charge in [-0.1, -0.05) is 0 Å². The van der Waals surface area contributed by atoms with Gasteiger partial charge in [0, 0.05) is 12.7 Å². The Bertz CT molecular complexity index is 850. The Balaban J connectivity index is 1.51. The van der Waals surface area contributed by atoms with Crippen LogP contribution in [0, 0.1) is 17.5 Å². The number of nitrogens with zero attached hydrogens (tertiary/aromatic N) is 3. The second-order valence-corrected chi connectivity index (χ2v) is 5.88. The number of ether oxygens (including phenoxy) is 2. The van der Waals surface area contributed by atoms with Gasteiger partial charge in [-0.25, -0.2) is 22.9 Å². The van der Waals surface area contributed by atoms with Gasteiger partial charge < -0.3 is 14.4 Å². The van der Waals surface area contributed by atoms with Crippen LogP contribution in [0.1, 0.15) is 5.56 Å². The van der Waals surface area contributed by atoms with Crippen molar-refractivity contribution in [3.8, 4) is 0 Å². The van der Waals surface area contributed by atoms with Crippen molar-refractivity contribution in [2.75, 3.05) is 18.1 Å². The zero-order chi connectivity index (χ0) is 17.6. The first-order chi connectivity index (χ1) is 12.0. The molecule has 1 saturated heterocycles. The monoisotopic (exact) mass is 353 g/mol. The fourth-order valence-electron chi connectivity index (χ4n) is 3.22. The van der Waals surface area contributed by atoms with Gasteiger partial charge in [-0.15, -0.1) is 0 Å². The highest BCUT2D eigenvalue weighted by molar-refractivity contribution is 5.44. The fourth-order valence-corrected chi connectivity index (χ4v) is 3.22. The van der Waals surface area contributed by atoms with Crippen molar-refractivity contribution in [2.24, 2.45) is 0 Å². The first kappa shape index (κ1) is 16.1. The van der Waals surface area contributed by atoms with E-state index in [1.165, 1.54) is 10.8 Å². The average molecular weight is 353 g/mol. The number of benzene rings is 1. The fraction of sp³-hybridized carbons (Fsp3) is 0.375. The standard InChI is InChI=1S/C16H14F3N3O3/c17-10-5-9(6-11(18)14(10)19)8-25-15-12-7-22-13(1-2-20-16(22)23)21(12)3-4-24-15/h1-2,5-6,12,15H,3-4,7-8H2. The van der Waals surface area contributed by atoms with Crippen LogP contribution in [0.5, 0.6) is 0 Å². The molecule has 132 valence electrons. The summed E-state index contributed by atoms with van der Waals surface area (Å²) in [6.07, 6.45) is 0.760. The van der Waals surface area contributed by atoms with Gasteiger partial charge in [0.15, 0.2) is 23.7 Å². The summed E-state index contributed by atoms with van der Waals surface area (Å²) in [6.45, 7) is 1.17. The molecule has 25 heavy (non-hydrogen) atoms. The summed E-state index contributed by atoms with van der Waals surface area (Å²) in [5.74, 6) is -3.31. The zero-order valence-corrected chi connectivity index (χ0v) is 13.0. The molecule has 1 fully saturated rings. The molecule has 2 aliphatic rings. The minimum absolute atomic E-state index is 0.146. The van der Waals surface area contributed by atoms with Crippen molar-refractivity contribution in [3.63, 3.8) is 0 Å². The minimum Gasteiger partial charge on any atom is -0.349 e. The number of halogens is 3. The molecular formula is C16H14F3N3O3. The normalized spacial score (nSPS) is 22.0. The van der Waals surface area contributed by atoms with E-state index in [2.05, 4.69) is 4.98 Å². The maximum atomic E-state index is 13.3. The molecular weight excluding hydrogens is 339 g/mol. The minimum atomic E-state index is -1.51. The van der Waals surface area contributed by atoms with E-state index in [1.807, 2.05) is 4.90 Å². The number of rotatable bonds is 3. The van der Waals surface area contributed by atoms with E-state index >= 15 is 0 Å². The maximum Gasteiger partial charge on any atom is 0.349 e. The average Bonchev–Trinajstić information content (AvgIpc) is 2.98. The molecule has 9 heteroatoms. The molecule has 3 heterocycles. The summed E-state index contributed by atoms with van der Waals surface area (Å²) in [5.41, 5.74) is -0.195. The SMILES string of the molecule is O=c1nccc2n1CC1C(OCc3cc(F)c(F)c(F)c3)OCCN21. The van der Waals surface area contributed by atoms with Crippen LogP contribution >= 0.6 is 0 Å². The molecule has 2 unspecified atom stereocenters. The first-order valence-electron chi connectivity index (χ1n) is 7.73. The number of hydrogen-bond acceptors (Lipinski definition) is 5. The molecule has 2 aliphatic heterocycles. The lowest BCUT2D eigenvalue weighted by Crippen LogP contribution is -2.50. The van der Waals surface area contributed by atoms with Crippen molar-refractivity contribution < 1.29 is 22.6 Å². The van der Waals surface area contributed by atoms with Gasteiger partial charge in [-0.3, -0.25) is 4.57 Å². The highest BCUT2D eigenvalue weighted by atomic mass is 19.2. The maximum absolute atomic E-state index is 13.3. The molecule has 1 aromatic carbocycles. The molecule has 1 aromatic heterocycles. The molecule has 4 rings (SSSR count). The second kappa shape index (κ2) is 6.16. The number of hydrogen-bond donors (Lipinski definition) is 0. The Hall–Kier alpha value is -2.39. The second-order valence-electron chi connectivity index (χ2n) is 5.88. The lowest BCUT2D eigenvalue weighted by atomic mass is 10.2. The van der Waals surface area contributed by atoms with Crippen LogP contribution < -0.4 is 10.6 Å². The lowest BCUT2D eigenvalue weighted by molar-refractivity contribution is -0.173.